The Balaban J connectivity index is 1.79. The minimum atomic E-state index is -1.46. The molecule has 7 heteroatoms. The molecular weight excluding hydrogens is 436 g/mol. The van der Waals surface area contributed by atoms with Gasteiger partial charge in [-0.1, -0.05) is 31.1 Å². The Bertz CT molecular complexity index is 1030. The van der Waals surface area contributed by atoms with E-state index in [-0.39, 0.29) is 24.5 Å². The summed E-state index contributed by atoms with van der Waals surface area (Å²) in [5.41, 5.74) is 0.194. The number of Topliss-reactive ketones (excluding diaryl/α,β-unsaturated/α-hetero) is 1. The molecule has 0 unspecified atom stereocenters. The van der Waals surface area contributed by atoms with E-state index in [1.165, 1.54) is 6.92 Å². The van der Waals surface area contributed by atoms with Gasteiger partial charge in [0.2, 0.25) is 5.78 Å². The van der Waals surface area contributed by atoms with Gasteiger partial charge < -0.3 is 14.6 Å². The highest BCUT2D eigenvalue weighted by atomic mass is 16.6. The van der Waals surface area contributed by atoms with Gasteiger partial charge >= 0.3 is 11.9 Å². The van der Waals surface area contributed by atoms with Crippen LogP contribution in [0.4, 0.5) is 0 Å². The van der Waals surface area contributed by atoms with Crippen LogP contribution in [0.25, 0.3) is 0 Å². The van der Waals surface area contributed by atoms with Crippen molar-refractivity contribution in [2.24, 2.45) is 16.7 Å². The molecule has 0 spiro atoms. The van der Waals surface area contributed by atoms with Crippen LogP contribution < -0.4 is 0 Å². The number of carbonyl (C=O) groups is 4. The lowest BCUT2D eigenvalue weighted by Crippen LogP contribution is -2.59. The minimum Gasteiger partial charge on any atom is -0.458 e. The number of esters is 2. The molecule has 7 nitrogen and oxygen atoms in total. The number of fused-ring (bicyclic) bond motifs is 4. The van der Waals surface area contributed by atoms with Gasteiger partial charge in [0, 0.05) is 24.2 Å². The summed E-state index contributed by atoms with van der Waals surface area (Å²) in [6.07, 6.45) is 7.63. The van der Waals surface area contributed by atoms with Gasteiger partial charge in [0.25, 0.3) is 0 Å². The highest BCUT2D eigenvalue weighted by Crippen LogP contribution is 2.65. The standard InChI is InChI=1S/C27H34O7/c1-5-6-23(32)34-27(22(31)15-33-16(2)28)12-10-20-19-8-7-17-13-18(29)9-11-25(17,3)24(19)21(30)14-26(20,27)4/h9,11,13,20-21,30H,5-8,10,12,14-15H2,1-4H3/t20-,21-,25-,26-,27-/m0/s1. The molecule has 0 aromatic heterocycles. The summed E-state index contributed by atoms with van der Waals surface area (Å²) in [5.74, 6) is -1.56. The van der Waals surface area contributed by atoms with Gasteiger partial charge in [-0.15, -0.1) is 0 Å². The number of carbonyl (C=O) groups excluding carboxylic acids is 4. The van der Waals surface area contributed by atoms with E-state index in [0.717, 1.165) is 16.7 Å². The summed E-state index contributed by atoms with van der Waals surface area (Å²) in [4.78, 5) is 49.7. The molecule has 0 amide bonds. The van der Waals surface area contributed by atoms with Gasteiger partial charge in [-0.2, -0.15) is 0 Å². The Morgan fingerprint density at radius 1 is 1.21 bits per heavy atom. The monoisotopic (exact) mass is 470 g/mol. The molecular formula is C27H34O7. The van der Waals surface area contributed by atoms with Crippen LogP contribution in [-0.2, 0) is 28.7 Å². The Labute approximate surface area is 200 Å². The lowest BCUT2D eigenvalue weighted by atomic mass is 9.52. The van der Waals surface area contributed by atoms with Gasteiger partial charge in [-0.25, -0.2) is 0 Å². The van der Waals surface area contributed by atoms with E-state index in [2.05, 4.69) is 0 Å². The average Bonchev–Trinajstić information content (AvgIpc) is 3.04. The first-order valence-corrected chi connectivity index (χ1v) is 12.2. The number of hydrogen-bond acceptors (Lipinski definition) is 7. The quantitative estimate of drug-likeness (QED) is 0.467. The number of hydrogen-bond donors (Lipinski definition) is 1. The summed E-state index contributed by atoms with van der Waals surface area (Å²) in [6.45, 7) is 6.61. The van der Waals surface area contributed by atoms with Crippen LogP contribution in [0.15, 0.2) is 34.9 Å². The lowest BCUT2D eigenvalue weighted by Gasteiger charge is -2.53. The second-order valence-electron chi connectivity index (χ2n) is 10.5. The maximum atomic E-state index is 13.6. The van der Waals surface area contributed by atoms with Crippen molar-refractivity contribution in [2.45, 2.75) is 84.3 Å². The first-order chi connectivity index (χ1) is 16.0. The molecule has 0 saturated heterocycles. The van der Waals surface area contributed by atoms with Crippen molar-refractivity contribution in [1.82, 2.24) is 0 Å². The zero-order chi connectivity index (χ0) is 24.9. The highest BCUT2D eigenvalue weighted by molar-refractivity contribution is 6.01. The molecule has 0 aromatic rings. The summed E-state index contributed by atoms with van der Waals surface area (Å²) in [6, 6.07) is 0. The van der Waals surface area contributed by atoms with E-state index in [1.54, 1.807) is 12.2 Å². The molecule has 1 saturated carbocycles. The van der Waals surface area contributed by atoms with Crippen molar-refractivity contribution in [3.8, 4) is 0 Å². The third kappa shape index (κ3) is 3.60. The molecule has 4 aliphatic carbocycles. The fourth-order valence-electron chi connectivity index (χ4n) is 7.00. The maximum absolute atomic E-state index is 13.6. The molecule has 184 valence electrons. The van der Waals surface area contributed by atoms with E-state index in [1.807, 2.05) is 26.8 Å². The van der Waals surface area contributed by atoms with E-state index < -0.39 is 46.9 Å². The van der Waals surface area contributed by atoms with Crippen molar-refractivity contribution in [3.05, 3.63) is 34.9 Å². The van der Waals surface area contributed by atoms with Crippen LogP contribution in [0, 0.1) is 16.7 Å². The topological polar surface area (TPSA) is 107 Å². The molecule has 0 aliphatic heterocycles. The average molecular weight is 471 g/mol. The molecule has 0 bridgehead atoms. The third-order valence-electron chi connectivity index (χ3n) is 8.58. The van der Waals surface area contributed by atoms with E-state index in [4.69, 9.17) is 9.47 Å². The molecule has 0 heterocycles. The largest absolute Gasteiger partial charge is 0.458 e. The normalized spacial score (nSPS) is 36.3. The predicted octanol–water partition coefficient (Wildman–Crippen LogP) is 3.54. The van der Waals surface area contributed by atoms with Crippen molar-refractivity contribution >= 4 is 23.5 Å². The van der Waals surface area contributed by atoms with Crippen LogP contribution in [0.3, 0.4) is 0 Å². The number of aliphatic hydroxyl groups excluding tert-OH is 1. The van der Waals surface area contributed by atoms with Gasteiger partial charge in [-0.3, -0.25) is 19.2 Å². The van der Waals surface area contributed by atoms with Gasteiger partial charge in [0.05, 0.1) is 6.10 Å². The predicted molar refractivity (Wildman–Crippen MR) is 123 cm³/mol. The summed E-state index contributed by atoms with van der Waals surface area (Å²) < 4.78 is 11.0. The fraction of sp³-hybridized carbons (Fsp3) is 0.630. The number of allylic oxidation sites excluding steroid dienone is 5. The zero-order valence-corrected chi connectivity index (χ0v) is 20.4. The molecule has 4 rings (SSSR count). The molecule has 34 heavy (non-hydrogen) atoms. The Morgan fingerprint density at radius 2 is 1.94 bits per heavy atom. The van der Waals surface area contributed by atoms with Crippen molar-refractivity contribution in [3.63, 3.8) is 0 Å². The molecule has 0 radical (unpaired) electrons. The van der Waals surface area contributed by atoms with Crippen LogP contribution in [0.1, 0.15) is 72.6 Å². The Hall–Kier alpha value is -2.54. The van der Waals surface area contributed by atoms with Gasteiger partial charge in [-0.05, 0) is 69.1 Å². The zero-order valence-electron chi connectivity index (χ0n) is 20.4. The van der Waals surface area contributed by atoms with Crippen LogP contribution >= 0.6 is 0 Å². The first-order valence-electron chi connectivity index (χ1n) is 12.2. The second-order valence-corrected chi connectivity index (χ2v) is 10.5. The molecule has 1 fully saturated rings. The highest BCUT2D eigenvalue weighted by Gasteiger charge is 2.67. The van der Waals surface area contributed by atoms with Crippen molar-refractivity contribution in [2.75, 3.05) is 6.61 Å². The molecule has 0 aromatic carbocycles. The number of ether oxygens (including phenoxy) is 2. The summed E-state index contributed by atoms with van der Waals surface area (Å²) >= 11 is 0. The summed E-state index contributed by atoms with van der Waals surface area (Å²) in [7, 11) is 0. The smallest absolute Gasteiger partial charge is 0.306 e. The van der Waals surface area contributed by atoms with Crippen molar-refractivity contribution in [1.29, 1.82) is 0 Å². The minimum absolute atomic E-state index is 0.0366. The van der Waals surface area contributed by atoms with Crippen LogP contribution in [0.5, 0.6) is 0 Å². The molecule has 4 aliphatic rings. The van der Waals surface area contributed by atoms with Crippen LogP contribution in [-0.4, -0.2) is 46.9 Å². The third-order valence-corrected chi connectivity index (χ3v) is 8.58. The Kier molecular flexibility index (Phi) is 6.21. The Morgan fingerprint density at radius 3 is 2.62 bits per heavy atom. The SMILES string of the molecule is CCCC(=O)O[C@]1(C(=O)COC(C)=O)CC[C@H]2C3=C([C@@H](O)C[C@@]21C)[C@@]1(C)C=CC(=O)C=C1CC3. The van der Waals surface area contributed by atoms with Gasteiger partial charge in [0.1, 0.15) is 0 Å². The fourth-order valence-corrected chi connectivity index (χ4v) is 7.00. The molecule has 5 atom stereocenters. The lowest BCUT2D eigenvalue weighted by molar-refractivity contribution is -0.187. The van der Waals surface area contributed by atoms with Crippen LogP contribution in [0.2, 0.25) is 0 Å². The summed E-state index contributed by atoms with van der Waals surface area (Å²) in [5, 5.41) is 11.5. The second kappa shape index (κ2) is 8.59. The number of rotatable bonds is 6. The van der Waals surface area contributed by atoms with E-state index in [9.17, 15) is 24.3 Å². The number of aliphatic hydroxyl groups is 1. The first kappa shape index (κ1) is 24.6. The number of ketones is 2. The maximum Gasteiger partial charge on any atom is 0.306 e. The van der Waals surface area contributed by atoms with Crippen molar-refractivity contribution < 1.29 is 33.8 Å². The van der Waals surface area contributed by atoms with E-state index in [0.29, 0.717) is 32.1 Å². The van der Waals surface area contributed by atoms with E-state index >= 15 is 0 Å². The van der Waals surface area contributed by atoms with Gasteiger partial charge in [0.15, 0.2) is 18.0 Å². The molecule has 1 N–H and O–H groups in total.